The molecule has 0 bridgehead atoms. The van der Waals surface area contributed by atoms with Gasteiger partial charge in [0.25, 0.3) is 17.7 Å². The third kappa shape index (κ3) is 6.32. The number of anilines is 1. The maximum Gasteiger partial charge on any atom is 0.261 e. The molecule has 1 aliphatic rings. The minimum absolute atomic E-state index is 0.0709. The third-order valence-corrected chi connectivity index (χ3v) is 6.67. The monoisotopic (exact) mass is 542 g/mol. The van der Waals surface area contributed by atoms with Gasteiger partial charge in [0, 0.05) is 40.8 Å². The highest BCUT2D eigenvalue weighted by Crippen LogP contribution is 2.26. The molecule has 40 heavy (non-hydrogen) atoms. The van der Waals surface area contributed by atoms with Crippen LogP contribution < -0.4 is 11.1 Å². The van der Waals surface area contributed by atoms with Crippen LogP contribution in [0.5, 0.6) is 0 Å². The van der Waals surface area contributed by atoms with Crippen LogP contribution in [-0.2, 0) is 11.2 Å². The van der Waals surface area contributed by atoms with Crippen LogP contribution in [0.2, 0.25) is 0 Å². The fraction of sp³-hybridized carbons (Fsp3) is 0.226. The smallest absolute Gasteiger partial charge is 0.261 e. The van der Waals surface area contributed by atoms with E-state index in [1.807, 2.05) is 25.1 Å². The summed E-state index contributed by atoms with van der Waals surface area (Å²) in [5.41, 5.74) is 11.0. The van der Waals surface area contributed by atoms with Gasteiger partial charge in [-0.05, 0) is 93.4 Å². The highest BCUT2D eigenvalue weighted by atomic mass is 19.1. The molecule has 0 spiro atoms. The summed E-state index contributed by atoms with van der Waals surface area (Å²) in [6.45, 7) is 4.40. The second kappa shape index (κ2) is 12.5. The molecule has 0 aliphatic carbocycles. The summed E-state index contributed by atoms with van der Waals surface area (Å²) in [5, 5.41) is 3.90. The Kier molecular flexibility index (Phi) is 8.86. The van der Waals surface area contributed by atoms with Crippen LogP contribution in [0, 0.1) is 12.7 Å². The number of benzene rings is 3. The number of hydrogen-bond acceptors (Lipinski definition) is 5. The SMILES string of the molecule is CC(=O)CCCN1C(=O)c2ccccc2C1=O.Cc1[nH]c2ccc(NC(=O)c3ccc(F)cc3)cc2c1CCN. The zero-order chi connectivity index (χ0) is 28.8. The number of imide groups is 1. The summed E-state index contributed by atoms with van der Waals surface area (Å²) in [6, 6.07) is 18.0. The minimum Gasteiger partial charge on any atom is -0.358 e. The molecule has 4 aromatic rings. The van der Waals surface area contributed by atoms with Crippen LogP contribution in [0.3, 0.4) is 0 Å². The average Bonchev–Trinajstić information content (AvgIpc) is 3.37. The van der Waals surface area contributed by atoms with Crippen molar-refractivity contribution in [3.05, 3.63) is 100 Å². The third-order valence-electron chi connectivity index (χ3n) is 6.67. The number of amides is 3. The predicted octanol–water partition coefficient (Wildman–Crippen LogP) is 5.02. The van der Waals surface area contributed by atoms with Gasteiger partial charge >= 0.3 is 0 Å². The molecule has 1 aromatic heterocycles. The number of nitrogens with two attached hydrogens (primary N) is 1. The molecule has 0 saturated heterocycles. The zero-order valence-corrected chi connectivity index (χ0v) is 22.4. The van der Waals surface area contributed by atoms with E-state index in [1.54, 1.807) is 24.3 Å². The van der Waals surface area contributed by atoms with Crippen molar-refractivity contribution in [1.29, 1.82) is 0 Å². The fourth-order valence-electron chi connectivity index (χ4n) is 4.66. The first-order valence-corrected chi connectivity index (χ1v) is 13.0. The number of aromatic amines is 1. The van der Waals surface area contributed by atoms with Gasteiger partial charge in [0.15, 0.2) is 0 Å². The van der Waals surface area contributed by atoms with E-state index >= 15 is 0 Å². The molecule has 1 aliphatic heterocycles. The van der Waals surface area contributed by atoms with E-state index in [0.717, 1.165) is 23.0 Å². The van der Waals surface area contributed by atoms with Crippen molar-refractivity contribution in [2.24, 2.45) is 5.73 Å². The number of carbonyl (C=O) groups excluding carboxylic acids is 4. The zero-order valence-electron chi connectivity index (χ0n) is 22.4. The molecular formula is C31H31FN4O4. The van der Waals surface area contributed by atoms with Gasteiger partial charge in [0.05, 0.1) is 11.1 Å². The topological polar surface area (TPSA) is 125 Å². The van der Waals surface area contributed by atoms with Crippen LogP contribution in [0.1, 0.15) is 62.1 Å². The number of aryl methyl sites for hydroxylation is 1. The number of rotatable bonds is 8. The summed E-state index contributed by atoms with van der Waals surface area (Å²) in [6.07, 6.45) is 1.70. The number of H-pyrrole nitrogens is 1. The van der Waals surface area contributed by atoms with Crippen LogP contribution in [0.4, 0.5) is 10.1 Å². The van der Waals surface area contributed by atoms with E-state index in [4.69, 9.17) is 5.73 Å². The minimum atomic E-state index is -0.364. The number of halogens is 1. The van der Waals surface area contributed by atoms with Crippen molar-refractivity contribution in [2.75, 3.05) is 18.4 Å². The standard InChI is InChI=1S/C18H18FN3O.C13H13NO3/c1-11-15(8-9-20)16-10-14(6-7-17(16)21-11)22-18(23)12-2-4-13(19)5-3-12;1-9(15)5-4-8-14-12(16)10-6-2-3-7-11(10)13(14)17/h2-7,10,21H,8-9,20H2,1H3,(H,22,23);2-3,6-7H,4-5,8H2,1H3. The Balaban J connectivity index is 0.000000194. The molecule has 0 radical (unpaired) electrons. The molecular weight excluding hydrogens is 511 g/mol. The average molecular weight is 543 g/mol. The Morgan fingerprint density at radius 1 is 0.975 bits per heavy atom. The molecule has 2 heterocycles. The first kappa shape index (κ1) is 28.4. The summed E-state index contributed by atoms with van der Waals surface area (Å²) in [7, 11) is 0. The van der Waals surface area contributed by atoms with Gasteiger partial charge in [-0.25, -0.2) is 4.39 Å². The molecule has 0 saturated carbocycles. The first-order valence-electron chi connectivity index (χ1n) is 13.0. The number of hydrogen-bond donors (Lipinski definition) is 3. The van der Waals surface area contributed by atoms with Gasteiger partial charge in [0.2, 0.25) is 0 Å². The molecule has 0 atom stereocenters. The van der Waals surface area contributed by atoms with Crippen molar-refractivity contribution in [1.82, 2.24) is 9.88 Å². The molecule has 3 amide bonds. The van der Waals surface area contributed by atoms with Crippen LogP contribution in [0.25, 0.3) is 10.9 Å². The first-order chi connectivity index (χ1) is 19.2. The summed E-state index contributed by atoms with van der Waals surface area (Å²) in [5.74, 6) is -1.07. The molecule has 8 nitrogen and oxygen atoms in total. The van der Waals surface area contributed by atoms with Gasteiger partial charge < -0.3 is 20.8 Å². The second-order valence-electron chi connectivity index (χ2n) is 9.60. The van der Waals surface area contributed by atoms with Crippen molar-refractivity contribution in [2.45, 2.75) is 33.1 Å². The summed E-state index contributed by atoms with van der Waals surface area (Å²) < 4.78 is 12.9. The van der Waals surface area contributed by atoms with Gasteiger partial charge in [0.1, 0.15) is 11.6 Å². The van der Waals surface area contributed by atoms with Gasteiger partial charge in [-0.3, -0.25) is 19.3 Å². The Hall–Kier alpha value is -4.63. The Bertz CT molecular complexity index is 1540. The largest absolute Gasteiger partial charge is 0.358 e. The molecule has 4 N–H and O–H groups in total. The normalized spacial score (nSPS) is 12.2. The molecule has 9 heteroatoms. The lowest BCUT2D eigenvalue weighted by Gasteiger charge is -2.12. The molecule has 5 rings (SSSR count). The fourth-order valence-corrected chi connectivity index (χ4v) is 4.66. The summed E-state index contributed by atoms with van der Waals surface area (Å²) in [4.78, 5) is 51.4. The second-order valence-corrected chi connectivity index (χ2v) is 9.60. The lowest BCUT2D eigenvalue weighted by atomic mass is 10.1. The molecule has 3 aromatic carbocycles. The van der Waals surface area contributed by atoms with Crippen LogP contribution in [-0.4, -0.2) is 46.5 Å². The van der Waals surface area contributed by atoms with Crippen LogP contribution >= 0.6 is 0 Å². The lowest BCUT2D eigenvalue weighted by molar-refractivity contribution is -0.117. The van der Waals surface area contributed by atoms with Gasteiger partial charge in [-0.1, -0.05) is 12.1 Å². The van der Waals surface area contributed by atoms with Crippen molar-refractivity contribution in [3.8, 4) is 0 Å². The maximum atomic E-state index is 12.9. The highest BCUT2D eigenvalue weighted by Gasteiger charge is 2.34. The molecule has 0 unspecified atom stereocenters. The number of aromatic nitrogens is 1. The number of nitrogens with zero attached hydrogens (tertiary/aromatic N) is 1. The van der Waals surface area contributed by atoms with E-state index in [2.05, 4.69) is 10.3 Å². The highest BCUT2D eigenvalue weighted by molar-refractivity contribution is 6.21. The Morgan fingerprint density at radius 2 is 1.62 bits per heavy atom. The van der Waals surface area contributed by atoms with E-state index < -0.39 is 0 Å². The summed E-state index contributed by atoms with van der Waals surface area (Å²) >= 11 is 0. The van der Waals surface area contributed by atoms with Gasteiger partial charge in [-0.2, -0.15) is 0 Å². The molecule has 206 valence electrons. The van der Waals surface area contributed by atoms with E-state index in [9.17, 15) is 23.6 Å². The van der Waals surface area contributed by atoms with Crippen LogP contribution in [0.15, 0.2) is 66.7 Å². The van der Waals surface area contributed by atoms with E-state index in [0.29, 0.717) is 48.3 Å². The maximum absolute atomic E-state index is 12.9. The Labute approximate surface area is 231 Å². The number of carbonyl (C=O) groups is 4. The van der Waals surface area contributed by atoms with E-state index in [-0.39, 0.29) is 29.3 Å². The van der Waals surface area contributed by atoms with Crippen molar-refractivity contribution >= 4 is 40.1 Å². The number of nitrogens with one attached hydrogen (secondary N) is 2. The van der Waals surface area contributed by atoms with Crippen molar-refractivity contribution in [3.63, 3.8) is 0 Å². The van der Waals surface area contributed by atoms with Crippen molar-refractivity contribution < 1.29 is 23.6 Å². The lowest BCUT2D eigenvalue weighted by Crippen LogP contribution is -2.30. The van der Waals surface area contributed by atoms with E-state index in [1.165, 1.54) is 41.7 Å². The van der Waals surface area contributed by atoms with Gasteiger partial charge in [-0.15, -0.1) is 0 Å². The number of fused-ring (bicyclic) bond motifs is 2. The Morgan fingerprint density at radius 3 is 2.23 bits per heavy atom. The number of Topliss-reactive ketones (excluding diaryl/α,β-unsaturated/α-hetero) is 1. The predicted molar refractivity (Wildman–Crippen MR) is 152 cm³/mol. The quantitative estimate of drug-likeness (QED) is 0.270. The number of ketones is 1. The molecule has 0 fully saturated rings.